The average molecular weight is 365 g/mol. The molecule has 0 aliphatic rings. The van der Waals surface area contributed by atoms with Crippen molar-refractivity contribution < 1.29 is 4.39 Å². The van der Waals surface area contributed by atoms with Crippen LogP contribution < -0.4 is 0 Å². The van der Waals surface area contributed by atoms with Crippen LogP contribution in [0.3, 0.4) is 0 Å². The fraction of sp³-hybridized carbons (Fsp3) is 0.375. The van der Waals surface area contributed by atoms with Gasteiger partial charge in [-0.1, -0.05) is 62.7 Å². The summed E-state index contributed by atoms with van der Waals surface area (Å²) in [6.07, 6.45) is 3.40. The molecule has 0 saturated heterocycles. The van der Waals surface area contributed by atoms with Crippen molar-refractivity contribution >= 4 is 0 Å². The van der Waals surface area contributed by atoms with E-state index >= 15 is 0 Å². The second-order valence-corrected chi connectivity index (χ2v) is 8.01. The lowest BCUT2D eigenvalue weighted by Crippen LogP contribution is -2.30. The second-order valence-electron chi connectivity index (χ2n) is 8.01. The van der Waals surface area contributed by atoms with Crippen LogP contribution in [-0.4, -0.2) is 15.7 Å². The fourth-order valence-corrected chi connectivity index (χ4v) is 4.15. The summed E-state index contributed by atoms with van der Waals surface area (Å²) >= 11 is 0. The molecule has 2 aromatic carbocycles. The van der Waals surface area contributed by atoms with Gasteiger partial charge in [0.15, 0.2) is 0 Å². The Morgan fingerprint density at radius 1 is 1.07 bits per heavy atom. The van der Waals surface area contributed by atoms with Crippen LogP contribution in [-0.2, 0) is 5.41 Å². The van der Waals surface area contributed by atoms with Crippen molar-refractivity contribution in [2.45, 2.75) is 59.5 Å². The molecule has 3 aromatic rings. The molecule has 0 N–H and O–H groups in total. The highest BCUT2D eigenvalue weighted by molar-refractivity contribution is 5.66. The number of hydrogen-bond donors (Lipinski definition) is 0. The van der Waals surface area contributed by atoms with Gasteiger partial charge in [-0.3, -0.25) is 4.57 Å². The smallest absolute Gasteiger partial charge is 0.144 e. The summed E-state index contributed by atoms with van der Waals surface area (Å²) < 4.78 is 16.9. The van der Waals surface area contributed by atoms with Crippen LogP contribution in [0.4, 0.5) is 4.39 Å². The Kier molecular flexibility index (Phi) is 5.23. The molecule has 0 saturated carbocycles. The average Bonchev–Trinajstić information content (AvgIpc) is 3.09. The van der Waals surface area contributed by atoms with E-state index in [1.54, 1.807) is 0 Å². The molecule has 0 radical (unpaired) electrons. The quantitative estimate of drug-likeness (QED) is 0.506. The van der Waals surface area contributed by atoms with Crippen molar-refractivity contribution in [3.8, 4) is 17.1 Å². The Labute approximate surface area is 162 Å². The Morgan fingerprint density at radius 3 is 2.33 bits per heavy atom. The summed E-state index contributed by atoms with van der Waals surface area (Å²) in [6.45, 7) is 12.2. The number of alkyl halides is 1. The van der Waals surface area contributed by atoms with Crippen molar-refractivity contribution in [3.63, 3.8) is 0 Å². The lowest BCUT2D eigenvalue weighted by atomic mass is 9.77. The van der Waals surface area contributed by atoms with Crippen LogP contribution >= 0.6 is 0 Å². The molecule has 1 heterocycles. The number of imidazole rings is 1. The summed E-state index contributed by atoms with van der Waals surface area (Å²) in [5.41, 5.74) is 6.21. The van der Waals surface area contributed by atoms with Crippen LogP contribution in [0.1, 0.15) is 49.4 Å². The van der Waals surface area contributed by atoms with Gasteiger partial charge in [0.1, 0.15) is 12.0 Å². The third-order valence-electron chi connectivity index (χ3n) is 5.52. The second kappa shape index (κ2) is 7.30. The van der Waals surface area contributed by atoms with Crippen LogP contribution in [0.2, 0.25) is 0 Å². The highest BCUT2D eigenvalue weighted by Gasteiger charge is 2.33. The molecule has 142 valence electrons. The molecule has 0 amide bonds. The first-order valence-corrected chi connectivity index (χ1v) is 9.62. The number of aryl methyl sites for hydroxylation is 3. The molecule has 0 spiro atoms. The largest absolute Gasteiger partial charge is 0.299 e. The van der Waals surface area contributed by atoms with Gasteiger partial charge in [-0.15, -0.1) is 0 Å². The predicted molar refractivity (Wildman–Crippen MR) is 111 cm³/mol. The van der Waals surface area contributed by atoms with Crippen LogP contribution in [0.25, 0.3) is 17.1 Å². The number of aromatic nitrogens is 2. The molecule has 0 bridgehead atoms. The van der Waals surface area contributed by atoms with Crippen LogP contribution in [0, 0.1) is 20.8 Å². The van der Waals surface area contributed by atoms with Gasteiger partial charge in [-0.25, -0.2) is 9.37 Å². The van der Waals surface area contributed by atoms with Crippen molar-refractivity contribution in [2.75, 3.05) is 0 Å². The molecule has 27 heavy (non-hydrogen) atoms. The number of hydrogen-bond acceptors (Lipinski definition) is 1. The van der Waals surface area contributed by atoms with E-state index in [1.165, 1.54) is 16.7 Å². The zero-order valence-electron chi connectivity index (χ0n) is 17.2. The molecule has 1 aromatic heterocycles. The zero-order valence-corrected chi connectivity index (χ0v) is 17.2. The summed E-state index contributed by atoms with van der Waals surface area (Å²) in [5.74, 6) is 0.858. The predicted octanol–water partition coefficient (Wildman–Crippen LogP) is 6.49. The van der Waals surface area contributed by atoms with E-state index in [0.29, 0.717) is 6.42 Å². The van der Waals surface area contributed by atoms with Crippen LogP contribution in [0.15, 0.2) is 48.8 Å². The third-order valence-corrected chi connectivity index (χ3v) is 5.52. The molecule has 0 unspecified atom stereocenters. The van der Waals surface area contributed by atoms with E-state index in [2.05, 4.69) is 48.5 Å². The lowest BCUT2D eigenvalue weighted by Gasteiger charge is -2.31. The molecule has 3 rings (SSSR count). The van der Waals surface area contributed by atoms with Crippen LogP contribution in [0.5, 0.6) is 0 Å². The highest BCUT2D eigenvalue weighted by Crippen LogP contribution is 2.38. The first-order valence-electron chi connectivity index (χ1n) is 9.62. The topological polar surface area (TPSA) is 17.8 Å². The molecule has 3 heteroatoms. The van der Waals surface area contributed by atoms with E-state index in [0.717, 1.165) is 22.6 Å². The summed E-state index contributed by atoms with van der Waals surface area (Å²) in [7, 11) is 0. The molecular weight excluding hydrogens is 335 g/mol. The van der Waals surface area contributed by atoms with Gasteiger partial charge in [0, 0.05) is 23.4 Å². The van der Waals surface area contributed by atoms with Crippen molar-refractivity contribution in [1.82, 2.24) is 9.55 Å². The maximum Gasteiger partial charge on any atom is 0.144 e. The monoisotopic (exact) mass is 364 g/mol. The lowest BCUT2D eigenvalue weighted by molar-refractivity contribution is 0.209. The summed E-state index contributed by atoms with van der Waals surface area (Å²) in [5, 5.41) is 0. The van der Waals surface area contributed by atoms with Gasteiger partial charge in [-0.2, -0.15) is 0 Å². The third kappa shape index (κ3) is 3.43. The standard InChI is InChI=1S/C24H29FN2/c1-7-21(25)24(5,6)20-11-9-8-10-19(20)23-26-12-13-27(23)22-17(3)14-16(2)15-18(22)4/h8-15,21H,7H2,1-6H3/t21-/m1/s1. The van der Waals surface area contributed by atoms with Gasteiger partial charge in [-0.05, 0) is 43.9 Å². The van der Waals surface area contributed by atoms with E-state index in [-0.39, 0.29) is 0 Å². The molecule has 2 nitrogen and oxygen atoms in total. The van der Waals surface area contributed by atoms with E-state index in [9.17, 15) is 4.39 Å². The molecule has 1 atom stereocenters. The normalized spacial score (nSPS) is 13.0. The number of halogens is 1. The highest BCUT2D eigenvalue weighted by atomic mass is 19.1. The first-order chi connectivity index (χ1) is 12.8. The molecular formula is C24H29FN2. The fourth-order valence-electron chi connectivity index (χ4n) is 4.15. The van der Waals surface area contributed by atoms with Gasteiger partial charge in [0.2, 0.25) is 0 Å². The Morgan fingerprint density at radius 2 is 1.70 bits per heavy atom. The van der Waals surface area contributed by atoms with Gasteiger partial charge in [0.25, 0.3) is 0 Å². The van der Waals surface area contributed by atoms with E-state index in [4.69, 9.17) is 0 Å². The minimum absolute atomic E-state index is 0.492. The number of rotatable bonds is 5. The van der Waals surface area contributed by atoms with Crippen molar-refractivity contribution in [2.24, 2.45) is 0 Å². The Hall–Kier alpha value is -2.42. The van der Waals surface area contributed by atoms with Gasteiger partial charge in [0.05, 0.1) is 5.69 Å². The van der Waals surface area contributed by atoms with E-state index in [1.807, 2.05) is 51.4 Å². The zero-order chi connectivity index (χ0) is 19.8. The Balaban J connectivity index is 2.22. The minimum atomic E-state index is -0.912. The van der Waals surface area contributed by atoms with Gasteiger partial charge >= 0.3 is 0 Å². The number of nitrogens with zero attached hydrogens (tertiary/aromatic N) is 2. The Bertz CT molecular complexity index is 930. The molecule has 0 aliphatic heterocycles. The van der Waals surface area contributed by atoms with Gasteiger partial charge < -0.3 is 0 Å². The van der Waals surface area contributed by atoms with E-state index < -0.39 is 11.6 Å². The SMILES string of the molecule is CC[C@@H](F)C(C)(C)c1ccccc1-c1nccn1-c1c(C)cc(C)cc1C. The number of benzene rings is 2. The summed E-state index contributed by atoms with van der Waals surface area (Å²) in [6, 6.07) is 12.5. The molecule has 0 fully saturated rings. The summed E-state index contributed by atoms with van der Waals surface area (Å²) in [4.78, 5) is 4.67. The molecule has 0 aliphatic carbocycles. The minimum Gasteiger partial charge on any atom is -0.299 e. The maximum atomic E-state index is 14.8. The maximum absolute atomic E-state index is 14.8. The first kappa shape index (κ1) is 19.3. The van der Waals surface area contributed by atoms with Crippen molar-refractivity contribution in [3.05, 3.63) is 71.0 Å². The van der Waals surface area contributed by atoms with Crippen molar-refractivity contribution in [1.29, 1.82) is 0 Å².